The summed E-state index contributed by atoms with van der Waals surface area (Å²) in [5.74, 6) is 0.0149. The zero-order valence-electron chi connectivity index (χ0n) is 11.4. The molecule has 2 N–H and O–H groups in total. The van der Waals surface area contributed by atoms with Crippen LogP contribution in [0, 0.1) is 0 Å². The highest BCUT2D eigenvalue weighted by Gasteiger charge is 2.23. The molecule has 0 unspecified atom stereocenters. The molecule has 1 aromatic carbocycles. The van der Waals surface area contributed by atoms with Gasteiger partial charge in [-0.3, -0.25) is 4.79 Å². The summed E-state index contributed by atoms with van der Waals surface area (Å²) in [6, 6.07) is 5.43. The van der Waals surface area contributed by atoms with E-state index < -0.39 is 0 Å². The first kappa shape index (κ1) is 14.9. The third-order valence-electron chi connectivity index (χ3n) is 2.91. The number of nitrogens with zero attached hydrogens (tertiary/aromatic N) is 3. The lowest BCUT2D eigenvalue weighted by molar-refractivity contribution is 0.0995. The molecule has 0 radical (unpaired) electrons. The van der Waals surface area contributed by atoms with Gasteiger partial charge in [0.15, 0.2) is 0 Å². The number of hydrogen-bond donors (Lipinski definition) is 1. The SMILES string of the molecule is CC(C)c1nnsc1C(=O)N(C)c1ccc(Br)cc1N. The van der Waals surface area contributed by atoms with Crippen molar-refractivity contribution in [3.05, 3.63) is 33.2 Å². The van der Waals surface area contributed by atoms with Gasteiger partial charge in [-0.1, -0.05) is 34.3 Å². The molecule has 2 aromatic rings. The molecule has 1 heterocycles. The molecule has 0 saturated heterocycles. The molecule has 0 spiro atoms. The topological polar surface area (TPSA) is 72.1 Å². The summed E-state index contributed by atoms with van der Waals surface area (Å²) in [7, 11) is 1.70. The Morgan fingerprint density at radius 3 is 2.75 bits per heavy atom. The van der Waals surface area contributed by atoms with Crippen LogP contribution in [0.1, 0.15) is 35.1 Å². The van der Waals surface area contributed by atoms with Crippen molar-refractivity contribution < 1.29 is 4.79 Å². The summed E-state index contributed by atoms with van der Waals surface area (Å²) in [4.78, 5) is 14.6. The monoisotopic (exact) mass is 354 g/mol. The third kappa shape index (κ3) is 2.83. The first-order chi connectivity index (χ1) is 9.41. The van der Waals surface area contributed by atoms with E-state index in [1.54, 1.807) is 19.2 Å². The lowest BCUT2D eigenvalue weighted by Crippen LogP contribution is -2.27. The maximum atomic E-state index is 12.6. The summed E-state index contributed by atoms with van der Waals surface area (Å²) in [5, 5.41) is 4.03. The quantitative estimate of drug-likeness (QED) is 0.858. The molecular formula is C13H15BrN4OS. The van der Waals surface area contributed by atoms with E-state index in [0.717, 1.165) is 21.7 Å². The molecule has 0 aliphatic rings. The highest BCUT2D eigenvalue weighted by molar-refractivity contribution is 9.10. The van der Waals surface area contributed by atoms with Crippen molar-refractivity contribution in [1.82, 2.24) is 9.59 Å². The Balaban J connectivity index is 2.35. The van der Waals surface area contributed by atoms with Crippen LogP contribution in [0.4, 0.5) is 11.4 Å². The Kier molecular flexibility index (Phi) is 4.39. The van der Waals surface area contributed by atoms with E-state index in [9.17, 15) is 4.79 Å². The fourth-order valence-electron chi connectivity index (χ4n) is 1.82. The van der Waals surface area contributed by atoms with Crippen LogP contribution in [0.2, 0.25) is 0 Å². The molecule has 0 fully saturated rings. The summed E-state index contributed by atoms with van der Waals surface area (Å²) in [6.07, 6.45) is 0. The highest BCUT2D eigenvalue weighted by Crippen LogP contribution is 2.29. The summed E-state index contributed by atoms with van der Waals surface area (Å²) < 4.78 is 4.76. The smallest absolute Gasteiger partial charge is 0.271 e. The number of halogens is 1. The second kappa shape index (κ2) is 5.88. The molecule has 0 atom stereocenters. The number of aromatic nitrogens is 2. The van der Waals surface area contributed by atoms with Gasteiger partial charge in [-0.15, -0.1) is 5.10 Å². The number of carbonyl (C=O) groups is 1. The van der Waals surface area contributed by atoms with Gasteiger partial charge in [-0.25, -0.2) is 0 Å². The van der Waals surface area contributed by atoms with Crippen LogP contribution in [0.15, 0.2) is 22.7 Å². The summed E-state index contributed by atoms with van der Waals surface area (Å²) in [6.45, 7) is 3.98. The second-order valence-electron chi connectivity index (χ2n) is 4.71. The van der Waals surface area contributed by atoms with Gasteiger partial charge in [-0.2, -0.15) is 0 Å². The minimum Gasteiger partial charge on any atom is -0.397 e. The molecule has 106 valence electrons. The normalized spacial score (nSPS) is 10.8. The molecule has 0 aliphatic heterocycles. The molecule has 2 rings (SSSR count). The molecule has 1 aromatic heterocycles. The van der Waals surface area contributed by atoms with E-state index in [2.05, 4.69) is 25.5 Å². The Morgan fingerprint density at radius 1 is 1.45 bits per heavy atom. The number of carbonyl (C=O) groups excluding carboxylic acids is 1. The van der Waals surface area contributed by atoms with Crippen molar-refractivity contribution in [3.8, 4) is 0 Å². The molecular weight excluding hydrogens is 340 g/mol. The van der Waals surface area contributed by atoms with E-state index >= 15 is 0 Å². The number of anilines is 2. The molecule has 0 saturated carbocycles. The van der Waals surface area contributed by atoms with E-state index in [1.165, 1.54) is 4.90 Å². The summed E-state index contributed by atoms with van der Waals surface area (Å²) in [5.41, 5.74) is 7.89. The highest BCUT2D eigenvalue weighted by atomic mass is 79.9. The Morgan fingerprint density at radius 2 is 2.15 bits per heavy atom. The Labute approximate surface area is 130 Å². The van der Waals surface area contributed by atoms with Crippen LogP contribution in [0.5, 0.6) is 0 Å². The van der Waals surface area contributed by atoms with Crippen molar-refractivity contribution in [2.75, 3.05) is 17.7 Å². The maximum absolute atomic E-state index is 12.6. The molecule has 7 heteroatoms. The molecule has 1 amide bonds. The summed E-state index contributed by atoms with van der Waals surface area (Å²) >= 11 is 4.47. The van der Waals surface area contributed by atoms with Crippen LogP contribution in [0.25, 0.3) is 0 Å². The van der Waals surface area contributed by atoms with E-state index in [0.29, 0.717) is 16.3 Å². The van der Waals surface area contributed by atoms with Crippen LogP contribution in [-0.2, 0) is 0 Å². The average molecular weight is 355 g/mol. The van der Waals surface area contributed by atoms with Crippen molar-refractivity contribution in [1.29, 1.82) is 0 Å². The predicted molar refractivity (Wildman–Crippen MR) is 85.3 cm³/mol. The van der Waals surface area contributed by atoms with E-state index in [4.69, 9.17) is 5.73 Å². The van der Waals surface area contributed by atoms with Crippen LogP contribution < -0.4 is 10.6 Å². The number of rotatable bonds is 3. The first-order valence-electron chi connectivity index (χ1n) is 6.07. The standard InChI is InChI=1S/C13H15BrN4OS/c1-7(2)11-12(20-17-16-11)13(19)18(3)10-5-4-8(14)6-9(10)15/h4-7H,15H2,1-3H3. The van der Waals surface area contributed by atoms with Gasteiger partial charge >= 0.3 is 0 Å². The number of nitrogen functional groups attached to an aromatic ring is 1. The predicted octanol–water partition coefficient (Wildman–Crippen LogP) is 3.28. The van der Waals surface area contributed by atoms with Gasteiger partial charge in [0.05, 0.1) is 17.1 Å². The second-order valence-corrected chi connectivity index (χ2v) is 6.38. The largest absolute Gasteiger partial charge is 0.397 e. The zero-order chi connectivity index (χ0) is 14.9. The number of amides is 1. The van der Waals surface area contributed by atoms with Crippen molar-refractivity contribution >= 4 is 44.7 Å². The molecule has 0 bridgehead atoms. The average Bonchev–Trinajstić information content (AvgIpc) is 2.86. The van der Waals surface area contributed by atoms with Gasteiger partial charge in [0, 0.05) is 11.5 Å². The van der Waals surface area contributed by atoms with Crippen molar-refractivity contribution in [2.45, 2.75) is 19.8 Å². The van der Waals surface area contributed by atoms with Gasteiger partial charge in [-0.05, 0) is 35.6 Å². The zero-order valence-corrected chi connectivity index (χ0v) is 13.8. The van der Waals surface area contributed by atoms with Crippen molar-refractivity contribution in [3.63, 3.8) is 0 Å². The van der Waals surface area contributed by atoms with Crippen molar-refractivity contribution in [2.24, 2.45) is 0 Å². The molecule has 20 heavy (non-hydrogen) atoms. The third-order valence-corrected chi connectivity index (χ3v) is 4.13. The van der Waals surface area contributed by atoms with E-state index in [1.807, 2.05) is 19.9 Å². The minimum atomic E-state index is -0.141. The molecule has 0 aliphatic carbocycles. The van der Waals surface area contributed by atoms with Crippen LogP contribution >= 0.6 is 27.5 Å². The van der Waals surface area contributed by atoms with Gasteiger partial charge < -0.3 is 10.6 Å². The number of nitrogens with two attached hydrogens (primary N) is 1. The van der Waals surface area contributed by atoms with Crippen LogP contribution in [-0.4, -0.2) is 22.5 Å². The van der Waals surface area contributed by atoms with Gasteiger partial charge in [0.2, 0.25) is 0 Å². The lowest BCUT2D eigenvalue weighted by Gasteiger charge is -2.19. The van der Waals surface area contributed by atoms with E-state index in [-0.39, 0.29) is 11.8 Å². The minimum absolute atomic E-state index is 0.141. The van der Waals surface area contributed by atoms with Gasteiger partial charge in [0.25, 0.3) is 5.91 Å². The van der Waals surface area contributed by atoms with Crippen LogP contribution in [0.3, 0.4) is 0 Å². The fraction of sp³-hybridized carbons (Fsp3) is 0.308. The number of benzene rings is 1. The number of hydrogen-bond acceptors (Lipinski definition) is 5. The van der Waals surface area contributed by atoms with Gasteiger partial charge in [0.1, 0.15) is 4.88 Å². The Hall–Kier alpha value is -1.47. The first-order valence-corrected chi connectivity index (χ1v) is 7.63. The maximum Gasteiger partial charge on any atom is 0.271 e. The molecule has 5 nitrogen and oxygen atoms in total. The Bertz CT molecular complexity index is 641. The lowest BCUT2D eigenvalue weighted by atomic mass is 10.1. The fourth-order valence-corrected chi connectivity index (χ4v) is 2.99.